The number of aliphatic hydroxyl groups is 1. The lowest BCUT2D eigenvalue weighted by Crippen LogP contribution is -2.47. The molecule has 1 aliphatic heterocycles. The monoisotopic (exact) mass is 313 g/mol. The Kier molecular flexibility index (Phi) is 5.57. The van der Waals surface area contributed by atoms with Crippen LogP contribution in [0.25, 0.3) is 0 Å². The molecular weight excluding hydrogens is 295 g/mol. The zero-order valence-electron chi connectivity index (χ0n) is 11.8. The Morgan fingerprint density at radius 1 is 1.33 bits per heavy atom. The summed E-state index contributed by atoms with van der Waals surface area (Å²) >= 11 is 0. The summed E-state index contributed by atoms with van der Waals surface area (Å²) in [6, 6.07) is 0. The average molecular weight is 313 g/mol. The molecule has 1 fully saturated rings. The fourth-order valence-electron chi connectivity index (χ4n) is 1.71. The summed E-state index contributed by atoms with van der Waals surface area (Å²) in [4.78, 5) is 24.7. The predicted molar refractivity (Wildman–Crippen MR) is 64.2 cm³/mol. The van der Waals surface area contributed by atoms with Crippen molar-refractivity contribution in [2.75, 3.05) is 26.3 Å². The Morgan fingerprint density at radius 2 is 1.86 bits per heavy atom. The van der Waals surface area contributed by atoms with Crippen LogP contribution in [-0.2, 0) is 19.1 Å². The Morgan fingerprint density at radius 3 is 2.33 bits per heavy atom. The lowest BCUT2D eigenvalue weighted by Gasteiger charge is -2.29. The molecule has 0 saturated carbocycles. The Balaban J connectivity index is 2.52. The predicted octanol–water partition coefficient (Wildman–Crippen LogP) is 0.480. The molecular formula is C12H18F3NO5. The van der Waals surface area contributed by atoms with Gasteiger partial charge in [0.25, 0.3) is 5.91 Å². The number of amides is 1. The van der Waals surface area contributed by atoms with Gasteiger partial charge in [-0.25, -0.2) is 0 Å². The van der Waals surface area contributed by atoms with Crippen LogP contribution < -0.4 is 0 Å². The minimum Gasteiger partial charge on any atom is -0.452 e. The van der Waals surface area contributed by atoms with Crippen LogP contribution in [0, 0.1) is 0 Å². The van der Waals surface area contributed by atoms with Crippen molar-refractivity contribution in [2.24, 2.45) is 0 Å². The third-order valence-electron chi connectivity index (χ3n) is 3.08. The first-order valence-corrected chi connectivity index (χ1v) is 6.40. The van der Waals surface area contributed by atoms with Crippen LogP contribution in [0.5, 0.6) is 0 Å². The fraction of sp³-hybridized carbons (Fsp3) is 0.833. The van der Waals surface area contributed by atoms with Crippen molar-refractivity contribution in [1.82, 2.24) is 4.90 Å². The number of esters is 1. The highest BCUT2D eigenvalue weighted by Crippen LogP contribution is 2.32. The Labute approximate surface area is 119 Å². The largest absolute Gasteiger partial charge is 0.452 e. The Bertz CT molecular complexity index is 391. The van der Waals surface area contributed by atoms with Gasteiger partial charge in [0, 0.05) is 13.1 Å². The molecule has 1 heterocycles. The van der Waals surface area contributed by atoms with Gasteiger partial charge < -0.3 is 19.5 Å². The zero-order valence-corrected chi connectivity index (χ0v) is 11.8. The van der Waals surface area contributed by atoms with Gasteiger partial charge in [0.1, 0.15) is 0 Å². The average Bonchev–Trinajstić information content (AvgIpc) is 2.36. The summed E-state index contributed by atoms with van der Waals surface area (Å²) in [5, 5.41) is 9.18. The molecule has 0 bridgehead atoms. The maximum Gasteiger partial charge on any atom is 0.417 e. The molecule has 0 spiro atoms. The van der Waals surface area contributed by atoms with E-state index in [1.165, 1.54) is 11.8 Å². The topological polar surface area (TPSA) is 76.1 Å². The van der Waals surface area contributed by atoms with Gasteiger partial charge in [-0.2, -0.15) is 13.2 Å². The number of ether oxygens (including phenoxy) is 2. The van der Waals surface area contributed by atoms with Crippen LogP contribution in [0.2, 0.25) is 0 Å². The van der Waals surface area contributed by atoms with E-state index in [2.05, 4.69) is 4.74 Å². The minimum atomic E-state index is -4.95. The molecule has 0 radical (unpaired) electrons. The molecule has 0 aromatic carbocycles. The van der Waals surface area contributed by atoms with Gasteiger partial charge in [-0.05, 0) is 13.8 Å². The number of carbonyl (C=O) groups is 2. The molecule has 2 atom stereocenters. The second-order valence-corrected chi connectivity index (χ2v) is 5.02. The van der Waals surface area contributed by atoms with E-state index in [0.717, 1.165) is 0 Å². The number of alkyl halides is 3. The van der Waals surface area contributed by atoms with Crippen molar-refractivity contribution in [3.8, 4) is 0 Å². The second-order valence-electron chi connectivity index (χ2n) is 5.02. The molecule has 1 saturated heterocycles. The quantitative estimate of drug-likeness (QED) is 0.764. The summed E-state index contributed by atoms with van der Waals surface area (Å²) in [5.74, 6) is -1.79. The molecule has 0 aromatic heterocycles. The van der Waals surface area contributed by atoms with Crippen molar-refractivity contribution in [3.63, 3.8) is 0 Å². The minimum absolute atomic E-state index is 0.334. The first kappa shape index (κ1) is 17.7. The van der Waals surface area contributed by atoms with Crippen molar-refractivity contribution in [1.29, 1.82) is 0 Å². The number of nitrogens with zero attached hydrogens (tertiary/aromatic N) is 1. The van der Waals surface area contributed by atoms with Crippen molar-refractivity contribution < 1.29 is 37.3 Å². The van der Waals surface area contributed by atoms with Crippen molar-refractivity contribution in [2.45, 2.75) is 38.1 Å². The van der Waals surface area contributed by atoms with E-state index in [-0.39, 0.29) is 0 Å². The fourth-order valence-corrected chi connectivity index (χ4v) is 1.71. The van der Waals surface area contributed by atoms with Crippen LogP contribution in [0.4, 0.5) is 13.2 Å². The van der Waals surface area contributed by atoms with E-state index in [4.69, 9.17) is 4.74 Å². The molecule has 0 unspecified atom stereocenters. The molecule has 21 heavy (non-hydrogen) atoms. The summed E-state index contributed by atoms with van der Waals surface area (Å²) in [6.45, 7) is 3.13. The zero-order chi connectivity index (χ0) is 16.3. The summed E-state index contributed by atoms with van der Waals surface area (Å²) in [6.07, 6.45) is -7.43. The van der Waals surface area contributed by atoms with E-state index < -0.39 is 36.2 Å². The van der Waals surface area contributed by atoms with Crippen LogP contribution in [0.1, 0.15) is 20.3 Å². The van der Waals surface area contributed by atoms with Crippen LogP contribution in [0.15, 0.2) is 0 Å². The van der Waals surface area contributed by atoms with Crippen LogP contribution in [-0.4, -0.2) is 66.1 Å². The standard InChI is InChI=1S/C12H18F3NO5/c1-8(10(18)16-3-5-20-6-4-16)21-9(17)7-11(2,19)12(13,14)15/h8,19H,3-7H2,1-2H3/t8-,11+/m0/s1. The number of rotatable bonds is 4. The first-order valence-electron chi connectivity index (χ1n) is 6.40. The molecule has 1 amide bonds. The highest BCUT2D eigenvalue weighted by Gasteiger charge is 2.51. The van der Waals surface area contributed by atoms with Gasteiger partial charge in [0.05, 0.1) is 19.6 Å². The van der Waals surface area contributed by atoms with Crippen LogP contribution >= 0.6 is 0 Å². The number of carbonyl (C=O) groups excluding carboxylic acids is 2. The molecule has 6 nitrogen and oxygen atoms in total. The SMILES string of the molecule is C[C@H](OC(=O)C[C@@](C)(O)C(F)(F)F)C(=O)N1CCOCC1. The number of hydrogen-bond acceptors (Lipinski definition) is 5. The van der Waals surface area contributed by atoms with E-state index in [0.29, 0.717) is 33.2 Å². The van der Waals surface area contributed by atoms with Gasteiger partial charge in [-0.15, -0.1) is 0 Å². The van der Waals surface area contributed by atoms with Crippen LogP contribution in [0.3, 0.4) is 0 Å². The Hall–Kier alpha value is -1.35. The van der Waals surface area contributed by atoms with Gasteiger partial charge >= 0.3 is 12.1 Å². The smallest absolute Gasteiger partial charge is 0.417 e. The lowest BCUT2D eigenvalue weighted by atomic mass is 10.0. The molecule has 0 aromatic rings. The molecule has 122 valence electrons. The van der Waals surface area contributed by atoms with Gasteiger partial charge in [0.15, 0.2) is 11.7 Å². The summed E-state index contributed by atoms with van der Waals surface area (Å²) in [7, 11) is 0. The highest BCUT2D eigenvalue weighted by molar-refractivity contribution is 5.83. The number of hydrogen-bond donors (Lipinski definition) is 1. The number of morpholine rings is 1. The van der Waals surface area contributed by atoms with Gasteiger partial charge in [-0.1, -0.05) is 0 Å². The third-order valence-corrected chi connectivity index (χ3v) is 3.08. The normalized spacial score (nSPS) is 20.6. The summed E-state index contributed by atoms with van der Waals surface area (Å²) < 4.78 is 47.0. The van der Waals surface area contributed by atoms with Gasteiger partial charge in [0.2, 0.25) is 0 Å². The van der Waals surface area contributed by atoms with E-state index in [1.807, 2.05) is 0 Å². The molecule has 1 rings (SSSR count). The van der Waals surface area contributed by atoms with E-state index in [9.17, 15) is 27.9 Å². The maximum absolute atomic E-state index is 12.4. The molecule has 1 aliphatic rings. The second kappa shape index (κ2) is 6.61. The lowest BCUT2D eigenvalue weighted by molar-refractivity contribution is -0.256. The van der Waals surface area contributed by atoms with Crippen molar-refractivity contribution >= 4 is 11.9 Å². The van der Waals surface area contributed by atoms with Gasteiger partial charge in [-0.3, -0.25) is 9.59 Å². The number of halogens is 3. The molecule has 1 N–H and O–H groups in total. The highest BCUT2D eigenvalue weighted by atomic mass is 19.4. The third kappa shape index (κ3) is 4.85. The van der Waals surface area contributed by atoms with E-state index in [1.54, 1.807) is 0 Å². The molecule has 9 heteroatoms. The maximum atomic E-state index is 12.4. The van der Waals surface area contributed by atoms with E-state index >= 15 is 0 Å². The summed E-state index contributed by atoms with van der Waals surface area (Å²) in [5.41, 5.74) is -3.19. The molecule has 0 aliphatic carbocycles. The van der Waals surface area contributed by atoms with Crippen molar-refractivity contribution in [3.05, 3.63) is 0 Å². The first-order chi connectivity index (χ1) is 9.54.